The quantitative estimate of drug-likeness (QED) is 0.908. The summed E-state index contributed by atoms with van der Waals surface area (Å²) in [6.07, 6.45) is 8.28. The first-order valence-electron chi connectivity index (χ1n) is 8.33. The molecule has 3 nitrogen and oxygen atoms in total. The number of benzene rings is 1. The first-order chi connectivity index (χ1) is 10.2. The predicted molar refractivity (Wildman–Crippen MR) is 84.8 cm³/mol. The molecule has 3 heteroatoms. The summed E-state index contributed by atoms with van der Waals surface area (Å²) in [5, 5.41) is 9.78. The van der Waals surface area contributed by atoms with Gasteiger partial charge in [-0.25, -0.2) is 0 Å². The lowest BCUT2D eigenvalue weighted by atomic mass is 9.77. The Labute approximate surface area is 127 Å². The van der Waals surface area contributed by atoms with Crippen molar-refractivity contribution in [2.45, 2.75) is 57.5 Å². The molecule has 1 aromatic rings. The van der Waals surface area contributed by atoms with E-state index in [1.165, 1.54) is 50.6 Å². The van der Waals surface area contributed by atoms with E-state index in [0.717, 1.165) is 12.0 Å². The number of phenols is 1. The third-order valence-corrected chi connectivity index (χ3v) is 5.47. The minimum Gasteiger partial charge on any atom is -0.504 e. The third-order valence-electron chi connectivity index (χ3n) is 5.47. The Morgan fingerprint density at radius 3 is 2.76 bits per heavy atom. The van der Waals surface area contributed by atoms with Crippen molar-refractivity contribution in [2.24, 2.45) is 5.92 Å². The Morgan fingerprint density at radius 1 is 1.19 bits per heavy atom. The van der Waals surface area contributed by atoms with E-state index in [2.05, 4.69) is 11.8 Å². The zero-order valence-electron chi connectivity index (χ0n) is 13.2. The van der Waals surface area contributed by atoms with Gasteiger partial charge in [0.25, 0.3) is 0 Å². The SMILES string of the molecule is COc1cc(C(C)N2CCC[C@H]3CCCC[C@H]32)ccc1O. The van der Waals surface area contributed by atoms with Crippen LogP contribution in [0.5, 0.6) is 11.5 Å². The molecule has 1 saturated heterocycles. The van der Waals surface area contributed by atoms with Gasteiger partial charge in [0.05, 0.1) is 7.11 Å². The predicted octanol–water partition coefficient (Wildman–Crippen LogP) is 4.12. The van der Waals surface area contributed by atoms with E-state index in [-0.39, 0.29) is 5.75 Å². The summed E-state index contributed by atoms with van der Waals surface area (Å²) in [4.78, 5) is 2.69. The summed E-state index contributed by atoms with van der Waals surface area (Å²) in [5.74, 6) is 1.70. The maximum atomic E-state index is 9.78. The largest absolute Gasteiger partial charge is 0.504 e. The number of ether oxygens (including phenoxy) is 1. The van der Waals surface area contributed by atoms with Crippen molar-refractivity contribution < 1.29 is 9.84 Å². The highest BCUT2D eigenvalue weighted by molar-refractivity contribution is 5.42. The van der Waals surface area contributed by atoms with Gasteiger partial charge in [-0.2, -0.15) is 0 Å². The highest BCUT2D eigenvalue weighted by Gasteiger charge is 2.35. The second-order valence-corrected chi connectivity index (χ2v) is 6.60. The highest BCUT2D eigenvalue weighted by Crippen LogP contribution is 2.40. The van der Waals surface area contributed by atoms with Crippen LogP contribution < -0.4 is 4.74 Å². The smallest absolute Gasteiger partial charge is 0.160 e. The number of aromatic hydroxyl groups is 1. The normalized spacial score (nSPS) is 27.9. The van der Waals surface area contributed by atoms with Crippen molar-refractivity contribution in [3.05, 3.63) is 23.8 Å². The van der Waals surface area contributed by atoms with Crippen molar-refractivity contribution in [3.8, 4) is 11.5 Å². The number of phenolic OH excluding ortho intramolecular Hbond substituents is 1. The number of hydrogen-bond acceptors (Lipinski definition) is 3. The van der Waals surface area contributed by atoms with Crippen LogP contribution in [0.3, 0.4) is 0 Å². The first kappa shape index (κ1) is 14.7. The van der Waals surface area contributed by atoms with E-state index in [0.29, 0.717) is 11.8 Å². The van der Waals surface area contributed by atoms with Crippen molar-refractivity contribution in [3.63, 3.8) is 0 Å². The highest BCUT2D eigenvalue weighted by atomic mass is 16.5. The molecule has 2 aliphatic rings. The molecule has 1 saturated carbocycles. The van der Waals surface area contributed by atoms with E-state index in [1.807, 2.05) is 12.1 Å². The van der Waals surface area contributed by atoms with Gasteiger partial charge < -0.3 is 9.84 Å². The second-order valence-electron chi connectivity index (χ2n) is 6.60. The summed E-state index contributed by atoms with van der Waals surface area (Å²) in [6, 6.07) is 6.93. The summed E-state index contributed by atoms with van der Waals surface area (Å²) in [6.45, 7) is 3.49. The lowest BCUT2D eigenvalue weighted by Gasteiger charge is -2.47. The number of likely N-dealkylation sites (tertiary alicyclic amines) is 1. The summed E-state index contributed by atoms with van der Waals surface area (Å²) in [7, 11) is 1.61. The summed E-state index contributed by atoms with van der Waals surface area (Å²) in [5.41, 5.74) is 1.25. The van der Waals surface area contributed by atoms with E-state index in [1.54, 1.807) is 13.2 Å². The van der Waals surface area contributed by atoms with Crippen LogP contribution in [0, 0.1) is 5.92 Å². The average Bonchev–Trinajstić information content (AvgIpc) is 2.54. The molecule has 3 atom stereocenters. The maximum absolute atomic E-state index is 9.78. The fourth-order valence-electron chi connectivity index (χ4n) is 4.29. The third kappa shape index (κ3) is 2.89. The summed E-state index contributed by atoms with van der Waals surface area (Å²) >= 11 is 0. The molecule has 1 aliphatic heterocycles. The van der Waals surface area contributed by atoms with Crippen LogP contribution in [0.25, 0.3) is 0 Å². The van der Waals surface area contributed by atoms with Gasteiger partial charge in [-0.05, 0) is 62.8 Å². The van der Waals surface area contributed by atoms with Gasteiger partial charge in [0.15, 0.2) is 11.5 Å². The van der Waals surface area contributed by atoms with Crippen LogP contribution in [0.15, 0.2) is 18.2 Å². The standard InChI is InChI=1S/C18H27NO2/c1-13(15-9-10-17(20)18(12-15)21-2)19-11-5-7-14-6-3-4-8-16(14)19/h9-10,12-14,16,20H,3-8,11H2,1-2H3/t13?,14-,16-/m1/s1. The number of hydrogen-bond donors (Lipinski definition) is 1. The Hall–Kier alpha value is -1.22. The van der Waals surface area contributed by atoms with Gasteiger partial charge >= 0.3 is 0 Å². The van der Waals surface area contributed by atoms with Gasteiger partial charge in [0.2, 0.25) is 0 Å². The molecule has 1 heterocycles. The molecule has 0 radical (unpaired) electrons. The summed E-state index contributed by atoms with van der Waals surface area (Å²) < 4.78 is 5.26. The molecule has 1 aliphatic carbocycles. The van der Waals surface area contributed by atoms with E-state index >= 15 is 0 Å². The topological polar surface area (TPSA) is 32.7 Å². The van der Waals surface area contributed by atoms with Gasteiger partial charge in [-0.1, -0.05) is 18.9 Å². The minimum atomic E-state index is 0.225. The van der Waals surface area contributed by atoms with Crippen molar-refractivity contribution in [2.75, 3.05) is 13.7 Å². The maximum Gasteiger partial charge on any atom is 0.160 e. The lowest BCUT2D eigenvalue weighted by molar-refractivity contribution is 0.0307. The van der Waals surface area contributed by atoms with Gasteiger partial charge in [0.1, 0.15) is 0 Å². The van der Waals surface area contributed by atoms with Crippen LogP contribution in [0.4, 0.5) is 0 Å². The Kier molecular flexibility index (Phi) is 4.39. The number of nitrogens with zero attached hydrogens (tertiary/aromatic N) is 1. The Morgan fingerprint density at radius 2 is 1.95 bits per heavy atom. The van der Waals surface area contributed by atoms with Gasteiger partial charge in [-0.15, -0.1) is 0 Å². The molecular formula is C18H27NO2. The van der Waals surface area contributed by atoms with Crippen molar-refractivity contribution >= 4 is 0 Å². The molecular weight excluding hydrogens is 262 g/mol. The minimum absolute atomic E-state index is 0.225. The molecule has 3 rings (SSSR count). The van der Waals surface area contributed by atoms with Crippen molar-refractivity contribution in [1.82, 2.24) is 4.90 Å². The molecule has 1 N–H and O–H groups in total. The number of piperidine rings is 1. The van der Waals surface area contributed by atoms with Gasteiger partial charge in [0, 0.05) is 12.1 Å². The second kappa shape index (κ2) is 6.27. The zero-order valence-corrected chi connectivity index (χ0v) is 13.2. The fraction of sp³-hybridized carbons (Fsp3) is 0.667. The molecule has 0 bridgehead atoms. The molecule has 0 amide bonds. The van der Waals surface area contributed by atoms with Crippen LogP contribution in [-0.4, -0.2) is 29.7 Å². The lowest BCUT2D eigenvalue weighted by Crippen LogP contribution is -2.47. The molecule has 2 fully saturated rings. The van der Waals surface area contributed by atoms with Crippen LogP contribution >= 0.6 is 0 Å². The Bertz CT molecular complexity index is 486. The molecule has 1 unspecified atom stereocenters. The first-order valence-corrected chi connectivity index (χ1v) is 8.33. The van der Waals surface area contributed by atoms with Crippen LogP contribution in [0.1, 0.15) is 57.1 Å². The van der Waals surface area contributed by atoms with Gasteiger partial charge in [-0.3, -0.25) is 4.90 Å². The molecule has 116 valence electrons. The van der Waals surface area contributed by atoms with Crippen LogP contribution in [0.2, 0.25) is 0 Å². The zero-order chi connectivity index (χ0) is 14.8. The number of rotatable bonds is 3. The van der Waals surface area contributed by atoms with E-state index in [4.69, 9.17) is 4.74 Å². The van der Waals surface area contributed by atoms with Crippen molar-refractivity contribution in [1.29, 1.82) is 0 Å². The fourth-order valence-corrected chi connectivity index (χ4v) is 4.29. The molecule has 21 heavy (non-hydrogen) atoms. The van der Waals surface area contributed by atoms with Crippen LogP contribution in [-0.2, 0) is 0 Å². The molecule has 0 aromatic heterocycles. The Balaban J connectivity index is 1.81. The average molecular weight is 289 g/mol. The molecule has 1 aromatic carbocycles. The number of methoxy groups -OCH3 is 1. The number of fused-ring (bicyclic) bond motifs is 1. The monoisotopic (exact) mass is 289 g/mol. The molecule has 0 spiro atoms. The van der Waals surface area contributed by atoms with E-state index in [9.17, 15) is 5.11 Å². The van der Waals surface area contributed by atoms with E-state index < -0.39 is 0 Å².